The fourth-order valence-electron chi connectivity index (χ4n) is 2.40. The summed E-state index contributed by atoms with van der Waals surface area (Å²) in [6.45, 7) is 6.00. The summed E-state index contributed by atoms with van der Waals surface area (Å²) in [5, 5.41) is 3.65. The minimum Gasteiger partial charge on any atom is -0.314 e. The molecule has 2 rings (SSSR count). The molecule has 1 fully saturated rings. The van der Waals surface area contributed by atoms with Gasteiger partial charge in [0.15, 0.2) is 0 Å². The summed E-state index contributed by atoms with van der Waals surface area (Å²) in [6, 6.07) is 11.7. The second-order valence-corrected chi connectivity index (χ2v) is 6.01. The first-order chi connectivity index (χ1) is 8.75. The predicted octanol–water partition coefficient (Wildman–Crippen LogP) is 4.03. The largest absolute Gasteiger partial charge is 0.314 e. The van der Waals surface area contributed by atoms with E-state index in [1.807, 2.05) is 0 Å². The fourth-order valence-corrected chi connectivity index (χ4v) is 2.40. The molecule has 18 heavy (non-hydrogen) atoms. The van der Waals surface area contributed by atoms with Gasteiger partial charge in [-0.1, -0.05) is 50.6 Å². The van der Waals surface area contributed by atoms with Crippen LogP contribution in [0.3, 0.4) is 0 Å². The topological polar surface area (TPSA) is 12.0 Å². The Labute approximate surface area is 112 Å². The fraction of sp³-hybridized carbons (Fsp3) is 0.647. The van der Waals surface area contributed by atoms with Crippen LogP contribution in [0.2, 0.25) is 0 Å². The van der Waals surface area contributed by atoms with Crippen LogP contribution in [-0.2, 0) is 6.42 Å². The molecular weight excluding hydrogens is 218 g/mol. The van der Waals surface area contributed by atoms with E-state index in [0.29, 0.717) is 0 Å². The van der Waals surface area contributed by atoms with Crippen LogP contribution in [0, 0.1) is 11.8 Å². The number of rotatable bonds is 8. The lowest BCUT2D eigenvalue weighted by Gasteiger charge is -2.20. The van der Waals surface area contributed by atoms with Crippen molar-refractivity contribution < 1.29 is 0 Å². The summed E-state index contributed by atoms with van der Waals surface area (Å²) in [5.41, 5.74) is 1.48. The van der Waals surface area contributed by atoms with Crippen molar-refractivity contribution in [3.8, 4) is 0 Å². The average Bonchev–Trinajstić information content (AvgIpc) is 3.21. The van der Waals surface area contributed by atoms with E-state index in [1.54, 1.807) is 0 Å². The average molecular weight is 245 g/mol. The van der Waals surface area contributed by atoms with Crippen LogP contribution in [0.25, 0.3) is 0 Å². The first-order valence-electron chi connectivity index (χ1n) is 7.53. The molecule has 0 heterocycles. The molecule has 2 unspecified atom stereocenters. The maximum atomic E-state index is 3.65. The quantitative estimate of drug-likeness (QED) is 0.729. The highest BCUT2D eigenvalue weighted by Crippen LogP contribution is 2.22. The summed E-state index contributed by atoms with van der Waals surface area (Å²) in [5.74, 6) is 1.64. The minimum absolute atomic E-state index is 0.807. The van der Waals surface area contributed by atoms with Crippen molar-refractivity contribution >= 4 is 0 Å². The summed E-state index contributed by atoms with van der Waals surface area (Å²) in [4.78, 5) is 0. The summed E-state index contributed by atoms with van der Waals surface area (Å²) < 4.78 is 0. The highest BCUT2D eigenvalue weighted by molar-refractivity contribution is 5.14. The van der Waals surface area contributed by atoms with Gasteiger partial charge in [-0.15, -0.1) is 0 Å². The SMILES string of the molecule is CC(CCCc1ccccc1)C(C)CNC1CC1. The zero-order valence-electron chi connectivity index (χ0n) is 11.9. The Morgan fingerprint density at radius 3 is 2.50 bits per heavy atom. The monoisotopic (exact) mass is 245 g/mol. The second-order valence-electron chi connectivity index (χ2n) is 6.01. The van der Waals surface area contributed by atoms with E-state index in [2.05, 4.69) is 49.5 Å². The number of benzene rings is 1. The van der Waals surface area contributed by atoms with Gasteiger partial charge in [0, 0.05) is 6.04 Å². The minimum atomic E-state index is 0.807. The molecule has 2 atom stereocenters. The lowest BCUT2D eigenvalue weighted by molar-refractivity contribution is 0.340. The van der Waals surface area contributed by atoms with Crippen molar-refractivity contribution in [3.63, 3.8) is 0 Å². The molecule has 1 saturated carbocycles. The molecule has 0 spiro atoms. The van der Waals surface area contributed by atoms with Crippen molar-refractivity contribution in [3.05, 3.63) is 35.9 Å². The molecule has 1 N–H and O–H groups in total. The van der Waals surface area contributed by atoms with Gasteiger partial charge in [-0.3, -0.25) is 0 Å². The molecule has 0 radical (unpaired) electrons. The van der Waals surface area contributed by atoms with Gasteiger partial charge >= 0.3 is 0 Å². The third-order valence-electron chi connectivity index (χ3n) is 4.24. The zero-order valence-corrected chi connectivity index (χ0v) is 11.9. The van der Waals surface area contributed by atoms with Gasteiger partial charge < -0.3 is 5.32 Å². The Bertz CT molecular complexity index is 329. The summed E-state index contributed by atoms with van der Waals surface area (Å²) in [7, 11) is 0. The highest BCUT2D eigenvalue weighted by atomic mass is 14.9. The van der Waals surface area contributed by atoms with E-state index in [0.717, 1.165) is 17.9 Å². The Kier molecular flexibility index (Phi) is 5.25. The van der Waals surface area contributed by atoms with Crippen molar-refractivity contribution in [1.29, 1.82) is 0 Å². The maximum absolute atomic E-state index is 3.65. The molecule has 0 amide bonds. The Morgan fingerprint density at radius 1 is 1.11 bits per heavy atom. The highest BCUT2D eigenvalue weighted by Gasteiger charge is 2.22. The first-order valence-corrected chi connectivity index (χ1v) is 7.53. The molecule has 1 aromatic rings. The molecule has 0 aliphatic heterocycles. The van der Waals surface area contributed by atoms with Crippen LogP contribution in [0.4, 0.5) is 0 Å². The van der Waals surface area contributed by atoms with Crippen LogP contribution in [-0.4, -0.2) is 12.6 Å². The molecule has 1 aliphatic carbocycles. The standard InChI is InChI=1S/C17H27N/c1-14(15(2)13-18-17-11-12-17)7-6-10-16-8-4-3-5-9-16/h3-5,8-9,14-15,17-18H,6-7,10-13H2,1-2H3. The predicted molar refractivity (Wildman–Crippen MR) is 78.7 cm³/mol. The van der Waals surface area contributed by atoms with Crippen molar-refractivity contribution in [2.45, 2.75) is 52.0 Å². The third-order valence-corrected chi connectivity index (χ3v) is 4.24. The van der Waals surface area contributed by atoms with Crippen LogP contribution in [0.15, 0.2) is 30.3 Å². The van der Waals surface area contributed by atoms with E-state index in [1.165, 1.54) is 44.2 Å². The second kappa shape index (κ2) is 6.94. The summed E-state index contributed by atoms with van der Waals surface area (Å²) in [6.07, 6.45) is 6.69. The van der Waals surface area contributed by atoms with Crippen LogP contribution < -0.4 is 5.32 Å². The van der Waals surface area contributed by atoms with Gasteiger partial charge in [0.1, 0.15) is 0 Å². The molecule has 0 saturated heterocycles. The number of aryl methyl sites for hydroxylation is 1. The van der Waals surface area contributed by atoms with E-state index in [-0.39, 0.29) is 0 Å². The molecule has 1 aliphatic rings. The van der Waals surface area contributed by atoms with Gasteiger partial charge in [0.25, 0.3) is 0 Å². The molecular formula is C17H27N. The van der Waals surface area contributed by atoms with Crippen LogP contribution >= 0.6 is 0 Å². The van der Waals surface area contributed by atoms with Crippen molar-refractivity contribution in [1.82, 2.24) is 5.32 Å². The lowest BCUT2D eigenvalue weighted by atomic mass is 9.90. The van der Waals surface area contributed by atoms with E-state index in [9.17, 15) is 0 Å². The number of hydrogen-bond donors (Lipinski definition) is 1. The third kappa shape index (κ3) is 4.81. The van der Waals surface area contributed by atoms with E-state index in [4.69, 9.17) is 0 Å². The van der Waals surface area contributed by atoms with Crippen molar-refractivity contribution in [2.24, 2.45) is 11.8 Å². The van der Waals surface area contributed by atoms with Crippen molar-refractivity contribution in [2.75, 3.05) is 6.54 Å². The molecule has 0 bridgehead atoms. The van der Waals surface area contributed by atoms with Gasteiger partial charge in [-0.05, 0) is 49.6 Å². The van der Waals surface area contributed by atoms with E-state index >= 15 is 0 Å². The molecule has 1 heteroatoms. The molecule has 1 aromatic carbocycles. The Hall–Kier alpha value is -0.820. The smallest absolute Gasteiger partial charge is 0.00683 e. The summed E-state index contributed by atoms with van der Waals surface area (Å²) >= 11 is 0. The Morgan fingerprint density at radius 2 is 1.83 bits per heavy atom. The molecule has 1 nitrogen and oxygen atoms in total. The Balaban J connectivity index is 1.59. The zero-order chi connectivity index (χ0) is 12.8. The maximum Gasteiger partial charge on any atom is 0.00683 e. The lowest BCUT2D eigenvalue weighted by Crippen LogP contribution is -2.26. The van der Waals surface area contributed by atoms with Gasteiger partial charge in [-0.25, -0.2) is 0 Å². The molecule has 0 aromatic heterocycles. The van der Waals surface area contributed by atoms with Crippen LogP contribution in [0.5, 0.6) is 0 Å². The van der Waals surface area contributed by atoms with Gasteiger partial charge in [0.05, 0.1) is 0 Å². The van der Waals surface area contributed by atoms with Gasteiger partial charge in [-0.2, -0.15) is 0 Å². The van der Waals surface area contributed by atoms with Gasteiger partial charge in [0.2, 0.25) is 0 Å². The normalized spacial score (nSPS) is 18.6. The van der Waals surface area contributed by atoms with Crippen LogP contribution in [0.1, 0.15) is 45.1 Å². The number of hydrogen-bond acceptors (Lipinski definition) is 1. The molecule has 100 valence electrons. The first kappa shape index (κ1) is 13.6. The van der Waals surface area contributed by atoms with E-state index < -0.39 is 0 Å². The number of nitrogens with one attached hydrogen (secondary N) is 1.